The summed E-state index contributed by atoms with van der Waals surface area (Å²) in [4.78, 5) is 10.7. The van der Waals surface area contributed by atoms with E-state index in [4.69, 9.17) is 9.47 Å². The predicted octanol–water partition coefficient (Wildman–Crippen LogP) is 2.44. The van der Waals surface area contributed by atoms with Crippen LogP contribution in [-0.2, 0) is 16.0 Å². The molecule has 3 nitrogen and oxygen atoms in total. The van der Waals surface area contributed by atoms with Crippen molar-refractivity contribution in [2.24, 2.45) is 5.92 Å². The lowest BCUT2D eigenvalue weighted by molar-refractivity contribution is -0.142. The minimum Gasteiger partial charge on any atom is -0.496 e. The first-order chi connectivity index (χ1) is 7.63. The molecule has 0 N–H and O–H groups in total. The van der Waals surface area contributed by atoms with E-state index in [1.165, 1.54) is 6.92 Å². The molecule has 0 amide bonds. The summed E-state index contributed by atoms with van der Waals surface area (Å²) in [5, 5.41) is 0. The molecule has 0 spiro atoms. The van der Waals surface area contributed by atoms with Crippen LogP contribution >= 0.6 is 0 Å². The fourth-order valence-corrected chi connectivity index (χ4v) is 1.57. The van der Waals surface area contributed by atoms with Gasteiger partial charge in [0.2, 0.25) is 0 Å². The summed E-state index contributed by atoms with van der Waals surface area (Å²) in [6, 6.07) is 7.90. The monoisotopic (exact) mass is 222 g/mol. The Bertz CT molecular complexity index is 347. The smallest absolute Gasteiger partial charge is 0.302 e. The van der Waals surface area contributed by atoms with Gasteiger partial charge in [0.1, 0.15) is 5.75 Å². The standard InChI is InChI=1S/C13H18O3/c1-10(9-16-11(2)14)8-12-6-4-5-7-13(12)15-3/h4-7,10H,8-9H2,1-3H3. The fraction of sp³-hybridized carbons (Fsp3) is 0.462. The van der Waals surface area contributed by atoms with E-state index in [9.17, 15) is 4.79 Å². The molecule has 3 heteroatoms. The zero-order valence-corrected chi connectivity index (χ0v) is 10.0. The SMILES string of the molecule is COc1ccccc1CC(C)COC(C)=O. The first-order valence-electron chi connectivity index (χ1n) is 5.38. The fourth-order valence-electron chi connectivity index (χ4n) is 1.57. The maximum atomic E-state index is 10.7. The maximum absolute atomic E-state index is 10.7. The van der Waals surface area contributed by atoms with Crippen molar-refractivity contribution in [3.8, 4) is 5.75 Å². The summed E-state index contributed by atoms with van der Waals surface area (Å²) in [6.07, 6.45) is 0.845. The minimum atomic E-state index is -0.230. The molecule has 88 valence electrons. The molecule has 0 aliphatic carbocycles. The average Bonchev–Trinajstić information content (AvgIpc) is 2.27. The van der Waals surface area contributed by atoms with Gasteiger partial charge >= 0.3 is 5.97 Å². The molecular formula is C13H18O3. The van der Waals surface area contributed by atoms with Crippen LogP contribution in [0.3, 0.4) is 0 Å². The summed E-state index contributed by atoms with van der Waals surface area (Å²) < 4.78 is 10.2. The van der Waals surface area contributed by atoms with Crippen molar-refractivity contribution in [3.05, 3.63) is 29.8 Å². The molecule has 0 fully saturated rings. The van der Waals surface area contributed by atoms with Crippen LogP contribution in [0.4, 0.5) is 0 Å². The second-order valence-corrected chi connectivity index (χ2v) is 3.92. The van der Waals surface area contributed by atoms with E-state index >= 15 is 0 Å². The normalized spacial score (nSPS) is 11.9. The highest BCUT2D eigenvalue weighted by molar-refractivity contribution is 5.65. The summed E-state index contributed by atoms with van der Waals surface area (Å²) in [6.45, 7) is 3.93. The Morgan fingerprint density at radius 2 is 2.06 bits per heavy atom. The number of hydrogen-bond donors (Lipinski definition) is 0. The second kappa shape index (κ2) is 6.16. The molecule has 16 heavy (non-hydrogen) atoms. The lowest BCUT2D eigenvalue weighted by Gasteiger charge is -2.13. The topological polar surface area (TPSA) is 35.5 Å². The van der Waals surface area contributed by atoms with E-state index in [1.54, 1.807) is 7.11 Å². The maximum Gasteiger partial charge on any atom is 0.302 e. The number of carbonyl (C=O) groups excluding carboxylic acids is 1. The zero-order chi connectivity index (χ0) is 12.0. The Hall–Kier alpha value is -1.51. The van der Waals surface area contributed by atoms with Gasteiger partial charge in [-0.3, -0.25) is 4.79 Å². The van der Waals surface area contributed by atoms with Gasteiger partial charge in [-0.1, -0.05) is 25.1 Å². The summed E-state index contributed by atoms with van der Waals surface area (Å²) in [5.74, 6) is 0.948. The van der Waals surface area contributed by atoms with Crippen LogP contribution in [0.2, 0.25) is 0 Å². The largest absolute Gasteiger partial charge is 0.496 e. The third-order valence-corrected chi connectivity index (χ3v) is 2.33. The number of para-hydroxylation sites is 1. The van der Waals surface area contributed by atoms with Crippen LogP contribution in [0, 0.1) is 5.92 Å². The third kappa shape index (κ3) is 3.93. The van der Waals surface area contributed by atoms with Crippen LogP contribution in [0.15, 0.2) is 24.3 Å². The van der Waals surface area contributed by atoms with Gasteiger partial charge in [-0.05, 0) is 24.0 Å². The molecule has 1 aromatic rings. The molecule has 1 rings (SSSR count). The number of benzene rings is 1. The van der Waals surface area contributed by atoms with Gasteiger partial charge in [-0.25, -0.2) is 0 Å². The number of rotatable bonds is 5. The quantitative estimate of drug-likeness (QED) is 0.718. The molecule has 0 bridgehead atoms. The van der Waals surface area contributed by atoms with Gasteiger partial charge in [0.25, 0.3) is 0 Å². The van der Waals surface area contributed by atoms with Crippen molar-refractivity contribution in [1.29, 1.82) is 0 Å². The van der Waals surface area contributed by atoms with Gasteiger partial charge in [-0.2, -0.15) is 0 Å². The third-order valence-electron chi connectivity index (χ3n) is 2.33. The van der Waals surface area contributed by atoms with E-state index in [2.05, 4.69) is 6.92 Å². The van der Waals surface area contributed by atoms with E-state index in [0.717, 1.165) is 17.7 Å². The first kappa shape index (κ1) is 12.6. The minimum absolute atomic E-state index is 0.230. The Kier molecular flexibility index (Phi) is 4.83. The highest BCUT2D eigenvalue weighted by Crippen LogP contribution is 2.20. The number of esters is 1. The molecule has 1 unspecified atom stereocenters. The molecule has 0 saturated heterocycles. The number of ether oxygens (including phenoxy) is 2. The number of carbonyl (C=O) groups is 1. The van der Waals surface area contributed by atoms with E-state index < -0.39 is 0 Å². The lowest BCUT2D eigenvalue weighted by atomic mass is 10.0. The first-order valence-corrected chi connectivity index (χ1v) is 5.38. The number of hydrogen-bond acceptors (Lipinski definition) is 3. The Balaban J connectivity index is 2.55. The molecular weight excluding hydrogens is 204 g/mol. The van der Waals surface area contributed by atoms with Gasteiger partial charge < -0.3 is 9.47 Å². The Morgan fingerprint density at radius 3 is 2.69 bits per heavy atom. The van der Waals surface area contributed by atoms with Crippen molar-refractivity contribution >= 4 is 5.97 Å². The van der Waals surface area contributed by atoms with E-state index in [1.807, 2.05) is 24.3 Å². The van der Waals surface area contributed by atoms with Crippen LogP contribution in [-0.4, -0.2) is 19.7 Å². The van der Waals surface area contributed by atoms with Crippen molar-refractivity contribution in [2.45, 2.75) is 20.3 Å². The van der Waals surface area contributed by atoms with Crippen molar-refractivity contribution in [2.75, 3.05) is 13.7 Å². The summed E-state index contributed by atoms with van der Waals surface area (Å²) in [7, 11) is 1.66. The molecule has 1 aromatic carbocycles. The van der Waals surface area contributed by atoms with Crippen molar-refractivity contribution in [1.82, 2.24) is 0 Å². The summed E-state index contributed by atoms with van der Waals surface area (Å²) >= 11 is 0. The Labute approximate surface area is 96.4 Å². The van der Waals surface area contributed by atoms with Gasteiger partial charge in [0.05, 0.1) is 13.7 Å². The molecule has 0 radical (unpaired) electrons. The van der Waals surface area contributed by atoms with Crippen molar-refractivity contribution < 1.29 is 14.3 Å². The van der Waals surface area contributed by atoms with E-state index in [-0.39, 0.29) is 5.97 Å². The number of methoxy groups -OCH3 is 1. The molecule has 0 aliphatic heterocycles. The molecule has 1 atom stereocenters. The Morgan fingerprint density at radius 1 is 1.38 bits per heavy atom. The predicted molar refractivity (Wildman–Crippen MR) is 62.5 cm³/mol. The lowest BCUT2D eigenvalue weighted by Crippen LogP contribution is -2.12. The average molecular weight is 222 g/mol. The second-order valence-electron chi connectivity index (χ2n) is 3.92. The van der Waals surface area contributed by atoms with Gasteiger partial charge in [0, 0.05) is 6.92 Å². The highest BCUT2D eigenvalue weighted by atomic mass is 16.5. The van der Waals surface area contributed by atoms with Crippen LogP contribution < -0.4 is 4.74 Å². The highest BCUT2D eigenvalue weighted by Gasteiger charge is 2.09. The van der Waals surface area contributed by atoms with Gasteiger partial charge in [0.15, 0.2) is 0 Å². The van der Waals surface area contributed by atoms with Crippen LogP contribution in [0.25, 0.3) is 0 Å². The molecule has 0 saturated carbocycles. The zero-order valence-electron chi connectivity index (χ0n) is 10.0. The molecule has 0 aliphatic rings. The van der Waals surface area contributed by atoms with Gasteiger partial charge in [-0.15, -0.1) is 0 Å². The summed E-state index contributed by atoms with van der Waals surface area (Å²) in [5.41, 5.74) is 1.14. The van der Waals surface area contributed by atoms with E-state index in [0.29, 0.717) is 12.5 Å². The molecule has 0 heterocycles. The molecule has 0 aromatic heterocycles. The van der Waals surface area contributed by atoms with Crippen molar-refractivity contribution in [3.63, 3.8) is 0 Å². The van der Waals surface area contributed by atoms with Crippen LogP contribution in [0.1, 0.15) is 19.4 Å². The van der Waals surface area contributed by atoms with Crippen LogP contribution in [0.5, 0.6) is 5.75 Å².